The summed E-state index contributed by atoms with van der Waals surface area (Å²) < 4.78 is 7.16. The van der Waals surface area contributed by atoms with Gasteiger partial charge in [0, 0.05) is 6.42 Å². The normalized spacial score (nSPS) is 27.0. The quantitative estimate of drug-likeness (QED) is 0.556. The number of H-pyrrole nitrogens is 1. The van der Waals surface area contributed by atoms with Crippen LogP contribution in [0, 0.1) is 11.8 Å². The van der Waals surface area contributed by atoms with E-state index >= 15 is 0 Å². The van der Waals surface area contributed by atoms with Crippen LogP contribution in [0.4, 0.5) is 5.95 Å². The van der Waals surface area contributed by atoms with E-state index in [1.54, 1.807) is 0 Å². The lowest BCUT2D eigenvalue weighted by Gasteiger charge is -2.22. The summed E-state index contributed by atoms with van der Waals surface area (Å²) in [7, 11) is 0. The molecular weight excluding hydrogens is 364 g/mol. The van der Waals surface area contributed by atoms with Crippen molar-refractivity contribution in [1.29, 1.82) is 0 Å². The number of hydrogen-bond donors (Lipinski definition) is 4. The minimum atomic E-state index is -1.02. The molecule has 140 valence electrons. The van der Waals surface area contributed by atoms with E-state index in [1.807, 2.05) is 0 Å². The Morgan fingerprint density at radius 2 is 2.19 bits per heavy atom. The van der Waals surface area contributed by atoms with E-state index in [0.29, 0.717) is 11.3 Å². The number of hydrogen-bond acceptors (Lipinski definition) is 8. The van der Waals surface area contributed by atoms with Crippen molar-refractivity contribution in [1.82, 2.24) is 14.5 Å². The van der Waals surface area contributed by atoms with E-state index in [-0.39, 0.29) is 41.0 Å². The lowest BCUT2D eigenvalue weighted by Crippen LogP contribution is -2.28. The molecule has 0 radical (unpaired) electrons. The van der Waals surface area contributed by atoms with Crippen molar-refractivity contribution in [2.24, 2.45) is 11.8 Å². The number of carboxylic acids is 1. The first-order valence-electron chi connectivity index (χ1n) is 8.31. The number of nitrogens with one attached hydrogen (secondary N) is 1. The first-order chi connectivity index (χ1) is 12.3. The zero-order valence-electron chi connectivity index (χ0n) is 13.6. The number of aromatic amines is 1. The van der Waals surface area contributed by atoms with Crippen LogP contribution in [-0.4, -0.2) is 42.9 Å². The maximum Gasteiger partial charge on any atom is 0.311 e. The number of nitrogens with two attached hydrogens (primary N) is 1. The Bertz CT molecular complexity index is 977. The highest BCUT2D eigenvalue weighted by atomic mass is 32.1. The van der Waals surface area contributed by atoms with Crippen molar-refractivity contribution < 1.29 is 19.7 Å². The van der Waals surface area contributed by atoms with Crippen molar-refractivity contribution >= 4 is 33.6 Å². The molecule has 0 spiro atoms. The van der Waals surface area contributed by atoms with Gasteiger partial charge in [0.15, 0.2) is 11.9 Å². The third-order valence-electron chi connectivity index (χ3n) is 4.98. The molecule has 1 saturated carbocycles. The largest absolute Gasteiger partial charge is 0.481 e. The number of aliphatic hydroxyl groups is 1. The van der Waals surface area contributed by atoms with E-state index in [2.05, 4.69) is 9.97 Å². The molecule has 26 heavy (non-hydrogen) atoms. The predicted octanol–water partition coefficient (Wildman–Crippen LogP) is -0.122. The summed E-state index contributed by atoms with van der Waals surface area (Å²) in [5.41, 5.74) is 5.10. The van der Waals surface area contributed by atoms with Crippen molar-refractivity contribution in [2.75, 3.05) is 5.73 Å². The Balaban J connectivity index is 1.70. The fourth-order valence-electron chi connectivity index (χ4n) is 3.69. The summed E-state index contributed by atoms with van der Waals surface area (Å²) in [4.78, 5) is 41.4. The number of nitrogen functional groups attached to an aromatic ring is 1. The van der Waals surface area contributed by atoms with Crippen LogP contribution in [0.3, 0.4) is 0 Å². The number of aliphatic hydroxyl groups excluding tert-OH is 1. The molecular formula is C15H18N4O6S. The molecule has 1 unspecified atom stereocenters. The Labute approximate surface area is 150 Å². The maximum absolute atomic E-state index is 12.4. The number of aliphatic carboxylic acids is 1. The van der Waals surface area contributed by atoms with E-state index in [1.165, 1.54) is 0 Å². The number of fused-ring (bicyclic) bond motifs is 1. The molecule has 1 aliphatic heterocycles. The highest BCUT2D eigenvalue weighted by molar-refractivity contribution is 7.16. The van der Waals surface area contributed by atoms with Crippen LogP contribution in [-0.2, 0) is 9.53 Å². The first kappa shape index (κ1) is 17.2. The third kappa shape index (κ3) is 2.91. The number of carboxylic acid groups (broad SMARTS) is 1. The minimum Gasteiger partial charge on any atom is -0.481 e. The van der Waals surface area contributed by atoms with Gasteiger partial charge in [-0.2, -0.15) is 4.98 Å². The van der Waals surface area contributed by atoms with Gasteiger partial charge in [-0.05, 0) is 24.7 Å². The Morgan fingerprint density at radius 3 is 2.85 bits per heavy atom. The third-order valence-corrected chi connectivity index (χ3v) is 5.92. The molecule has 10 nitrogen and oxygen atoms in total. The summed E-state index contributed by atoms with van der Waals surface area (Å²) in [6, 6.07) is 0. The molecule has 1 aliphatic carbocycles. The highest BCUT2D eigenvalue weighted by Gasteiger charge is 2.46. The summed E-state index contributed by atoms with van der Waals surface area (Å²) in [6.45, 7) is 0. The highest BCUT2D eigenvalue weighted by Crippen LogP contribution is 2.45. The molecule has 2 aromatic rings. The van der Waals surface area contributed by atoms with Gasteiger partial charge in [-0.1, -0.05) is 11.3 Å². The summed E-state index contributed by atoms with van der Waals surface area (Å²) in [5.74, 6) is -1.01. The molecule has 2 aromatic heterocycles. The van der Waals surface area contributed by atoms with E-state index in [4.69, 9.17) is 15.6 Å². The van der Waals surface area contributed by atoms with Gasteiger partial charge in [0.05, 0.1) is 12.5 Å². The van der Waals surface area contributed by atoms with Gasteiger partial charge in [-0.15, -0.1) is 0 Å². The molecule has 3 heterocycles. The number of thiazole rings is 1. The number of ether oxygens (including phenoxy) is 1. The molecule has 0 bridgehead atoms. The number of rotatable bonds is 5. The molecule has 2 aliphatic rings. The fraction of sp³-hybridized carbons (Fsp3) is 0.600. The van der Waals surface area contributed by atoms with Crippen LogP contribution < -0.4 is 16.2 Å². The predicted molar refractivity (Wildman–Crippen MR) is 91.9 cm³/mol. The molecule has 0 aromatic carbocycles. The van der Waals surface area contributed by atoms with Crippen molar-refractivity contribution in [3.8, 4) is 0 Å². The van der Waals surface area contributed by atoms with Crippen LogP contribution in [0.15, 0.2) is 9.59 Å². The van der Waals surface area contributed by atoms with Gasteiger partial charge in [0.25, 0.3) is 5.56 Å². The molecule has 4 rings (SSSR count). The smallest absolute Gasteiger partial charge is 0.311 e. The van der Waals surface area contributed by atoms with Gasteiger partial charge >= 0.3 is 10.8 Å². The van der Waals surface area contributed by atoms with Crippen LogP contribution in [0.1, 0.15) is 31.9 Å². The molecule has 4 atom stereocenters. The second-order valence-electron chi connectivity index (χ2n) is 6.81. The topological polar surface area (TPSA) is 161 Å². The van der Waals surface area contributed by atoms with E-state index < -0.39 is 34.8 Å². The fourth-order valence-corrected chi connectivity index (χ4v) is 4.53. The van der Waals surface area contributed by atoms with Crippen LogP contribution in [0.25, 0.3) is 10.3 Å². The molecule has 5 N–H and O–H groups in total. The minimum absolute atomic E-state index is 0.0427. The van der Waals surface area contributed by atoms with Crippen LogP contribution in [0.2, 0.25) is 0 Å². The van der Waals surface area contributed by atoms with E-state index in [0.717, 1.165) is 17.4 Å². The Hall–Kier alpha value is -2.24. The standard InChI is InChI=1S/C15H18N4O6S/c16-14-17-11-10(12(23)18-14)26-15(24)19(11)13-7(20)4-8(25-13)6(3-9(21)22)5-1-2-5/h5-8,13,20H,1-4H2,(H,21,22)(H3,16,17,18,23)/t6?,7-,8+,13-/m1/s1. The molecule has 2 fully saturated rings. The Kier molecular flexibility index (Phi) is 4.09. The number of aromatic nitrogens is 3. The maximum atomic E-state index is 12.4. The monoisotopic (exact) mass is 382 g/mol. The van der Waals surface area contributed by atoms with Crippen LogP contribution >= 0.6 is 11.3 Å². The van der Waals surface area contributed by atoms with Gasteiger partial charge in [-0.25, -0.2) is 0 Å². The zero-order chi connectivity index (χ0) is 18.6. The zero-order valence-corrected chi connectivity index (χ0v) is 14.4. The lowest BCUT2D eigenvalue weighted by molar-refractivity contribution is -0.140. The van der Waals surface area contributed by atoms with E-state index in [9.17, 15) is 19.5 Å². The average molecular weight is 382 g/mol. The number of anilines is 1. The van der Waals surface area contributed by atoms with Gasteiger partial charge in [0.2, 0.25) is 5.95 Å². The number of nitrogens with zero attached hydrogens (tertiary/aromatic N) is 2. The Morgan fingerprint density at radius 1 is 1.46 bits per heavy atom. The van der Waals surface area contributed by atoms with Crippen LogP contribution in [0.5, 0.6) is 0 Å². The summed E-state index contributed by atoms with van der Waals surface area (Å²) in [6.07, 6.45) is -0.445. The van der Waals surface area contributed by atoms with Gasteiger partial charge < -0.3 is 20.7 Å². The summed E-state index contributed by atoms with van der Waals surface area (Å²) >= 11 is 0.702. The number of carbonyl (C=O) groups is 1. The second-order valence-corrected chi connectivity index (χ2v) is 7.77. The van der Waals surface area contributed by atoms with Crippen molar-refractivity contribution in [2.45, 2.75) is 44.1 Å². The SMILES string of the molecule is Nc1nc2c(sc(=O)n2[C@@H]2O[C@H](C(CC(=O)O)C3CC3)C[C@H]2O)c(=O)[nH]1. The van der Waals surface area contributed by atoms with Gasteiger partial charge in [0.1, 0.15) is 10.8 Å². The second kappa shape index (κ2) is 6.18. The molecule has 1 saturated heterocycles. The molecule has 0 amide bonds. The average Bonchev–Trinajstić information content (AvgIpc) is 3.25. The summed E-state index contributed by atoms with van der Waals surface area (Å²) in [5, 5.41) is 19.6. The molecule has 11 heteroatoms. The van der Waals surface area contributed by atoms with Gasteiger partial charge in [-0.3, -0.25) is 23.9 Å². The lowest BCUT2D eigenvalue weighted by atomic mass is 9.91. The van der Waals surface area contributed by atoms with Crippen molar-refractivity contribution in [3.05, 3.63) is 20.0 Å². The first-order valence-corrected chi connectivity index (χ1v) is 9.13. The van der Waals surface area contributed by atoms with Crippen molar-refractivity contribution in [3.63, 3.8) is 0 Å².